The molecule has 0 spiro atoms. The molecule has 0 atom stereocenters. The van der Waals surface area contributed by atoms with Gasteiger partial charge in [0.2, 0.25) is 0 Å². The van der Waals surface area contributed by atoms with E-state index in [-0.39, 0.29) is 24.4 Å². The maximum Gasteiger partial charge on any atom is 0.344 e. The van der Waals surface area contributed by atoms with Gasteiger partial charge < -0.3 is 4.74 Å². The van der Waals surface area contributed by atoms with Gasteiger partial charge in [-0.15, -0.1) is 4.40 Å². The molecule has 0 radical (unpaired) electrons. The van der Waals surface area contributed by atoms with Crippen LogP contribution in [0.4, 0.5) is 0 Å². The normalized spacial score (nSPS) is 16.3. The van der Waals surface area contributed by atoms with E-state index in [4.69, 9.17) is 4.74 Å². The van der Waals surface area contributed by atoms with Crippen LogP contribution >= 0.6 is 0 Å². The number of hydrogen-bond acceptors (Lipinski definition) is 4. The molecule has 0 amide bonds. The maximum absolute atomic E-state index is 12.2. The molecule has 2 rings (SSSR count). The number of hydrogen-bond donors (Lipinski definition) is 0. The van der Waals surface area contributed by atoms with Crippen LogP contribution in [0.25, 0.3) is 6.08 Å². The zero-order chi connectivity index (χ0) is 17.0. The summed E-state index contributed by atoms with van der Waals surface area (Å²) in [4.78, 5) is 12.2. The highest BCUT2D eigenvalue weighted by Crippen LogP contribution is 2.17. The van der Waals surface area contributed by atoms with Crippen molar-refractivity contribution in [1.82, 2.24) is 4.31 Å². The van der Waals surface area contributed by atoms with E-state index in [9.17, 15) is 13.2 Å². The molecule has 7 heteroatoms. The Labute approximate surface area is 136 Å². The molecule has 0 saturated carbocycles. The van der Waals surface area contributed by atoms with Crippen molar-refractivity contribution in [2.45, 2.75) is 20.5 Å². The number of benzene rings is 1. The van der Waals surface area contributed by atoms with Gasteiger partial charge >= 0.3 is 16.2 Å². The molecule has 1 heterocycles. The first-order chi connectivity index (χ1) is 10.9. The SMILES string of the molecule is C=Cc1ccc(COC(=O)C2=CN(CC)S(=O)(=O)N=C2C)cc1. The standard InChI is InChI=1S/C16H18N2O4S/c1-4-13-6-8-14(9-7-13)11-22-16(19)15-10-18(5-2)23(20,21)17-12(15)3/h4,6-10H,1,5,11H2,2-3H3. The monoisotopic (exact) mass is 334 g/mol. The van der Waals surface area contributed by atoms with Gasteiger partial charge in [0.1, 0.15) is 6.61 Å². The molecular formula is C16H18N2O4S. The van der Waals surface area contributed by atoms with E-state index in [0.717, 1.165) is 15.4 Å². The number of nitrogens with zero attached hydrogens (tertiary/aromatic N) is 2. The van der Waals surface area contributed by atoms with Crippen molar-refractivity contribution in [2.24, 2.45) is 4.40 Å². The highest BCUT2D eigenvalue weighted by Gasteiger charge is 2.27. The van der Waals surface area contributed by atoms with Crippen molar-refractivity contribution in [2.75, 3.05) is 6.54 Å². The van der Waals surface area contributed by atoms with Crippen molar-refractivity contribution in [1.29, 1.82) is 0 Å². The third-order valence-corrected chi connectivity index (χ3v) is 4.79. The summed E-state index contributed by atoms with van der Waals surface area (Å²) in [6.07, 6.45) is 2.99. The van der Waals surface area contributed by atoms with Gasteiger partial charge in [0.05, 0.1) is 11.3 Å². The van der Waals surface area contributed by atoms with Crippen LogP contribution in [-0.4, -0.2) is 30.9 Å². The molecule has 6 nitrogen and oxygen atoms in total. The summed E-state index contributed by atoms with van der Waals surface area (Å²) in [6.45, 7) is 7.09. The average molecular weight is 334 g/mol. The van der Waals surface area contributed by atoms with Crippen LogP contribution in [0.1, 0.15) is 25.0 Å². The van der Waals surface area contributed by atoms with Gasteiger partial charge in [-0.2, -0.15) is 8.42 Å². The van der Waals surface area contributed by atoms with Gasteiger partial charge in [0, 0.05) is 12.7 Å². The summed E-state index contributed by atoms with van der Waals surface area (Å²) >= 11 is 0. The van der Waals surface area contributed by atoms with Crippen molar-refractivity contribution in [3.05, 3.63) is 53.7 Å². The Morgan fingerprint density at radius 3 is 2.57 bits per heavy atom. The minimum atomic E-state index is -3.74. The number of carbonyl (C=O) groups is 1. The summed E-state index contributed by atoms with van der Waals surface area (Å²) in [5, 5.41) is 0. The quantitative estimate of drug-likeness (QED) is 0.774. The molecule has 23 heavy (non-hydrogen) atoms. The topological polar surface area (TPSA) is 76.0 Å². The molecule has 0 saturated heterocycles. The number of carbonyl (C=O) groups excluding carboxylic acids is 1. The smallest absolute Gasteiger partial charge is 0.344 e. The maximum atomic E-state index is 12.2. The Morgan fingerprint density at radius 2 is 2.00 bits per heavy atom. The summed E-state index contributed by atoms with van der Waals surface area (Å²) < 4.78 is 33.4. The zero-order valence-corrected chi connectivity index (χ0v) is 13.8. The van der Waals surface area contributed by atoms with Crippen LogP contribution in [-0.2, 0) is 26.3 Å². The molecule has 1 aliphatic heterocycles. The third-order valence-electron chi connectivity index (χ3n) is 3.33. The van der Waals surface area contributed by atoms with Gasteiger partial charge in [-0.05, 0) is 25.0 Å². The lowest BCUT2D eigenvalue weighted by atomic mass is 10.1. The van der Waals surface area contributed by atoms with Gasteiger partial charge in [-0.3, -0.25) is 4.31 Å². The van der Waals surface area contributed by atoms with E-state index < -0.39 is 16.2 Å². The molecule has 1 aromatic carbocycles. The van der Waals surface area contributed by atoms with E-state index in [0.29, 0.717) is 0 Å². The van der Waals surface area contributed by atoms with Crippen LogP contribution in [0.2, 0.25) is 0 Å². The second-order valence-electron chi connectivity index (χ2n) is 4.92. The Kier molecular flexibility index (Phi) is 5.00. The van der Waals surface area contributed by atoms with Gasteiger partial charge in [0.15, 0.2) is 0 Å². The summed E-state index contributed by atoms with van der Waals surface area (Å²) in [5.41, 5.74) is 2.07. The first kappa shape index (κ1) is 17.0. The Hall–Kier alpha value is -2.41. The van der Waals surface area contributed by atoms with Crippen LogP contribution in [0.5, 0.6) is 0 Å². The second-order valence-corrected chi connectivity index (χ2v) is 6.47. The first-order valence-corrected chi connectivity index (χ1v) is 8.46. The Bertz CT molecular complexity index is 777. The fraction of sp³-hybridized carbons (Fsp3) is 0.250. The minimum absolute atomic E-state index is 0.0970. The van der Waals surface area contributed by atoms with Gasteiger partial charge in [0.25, 0.3) is 0 Å². The van der Waals surface area contributed by atoms with Gasteiger partial charge in [-0.25, -0.2) is 4.79 Å². The van der Waals surface area contributed by atoms with Crippen LogP contribution in [0, 0.1) is 0 Å². The van der Waals surface area contributed by atoms with E-state index in [1.165, 1.54) is 13.1 Å². The first-order valence-electron chi connectivity index (χ1n) is 7.06. The van der Waals surface area contributed by atoms with E-state index in [1.54, 1.807) is 13.0 Å². The van der Waals surface area contributed by atoms with Crippen molar-refractivity contribution >= 4 is 28.0 Å². The lowest BCUT2D eigenvalue weighted by Gasteiger charge is -2.21. The molecule has 122 valence electrons. The molecule has 0 aliphatic carbocycles. The predicted molar refractivity (Wildman–Crippen MR) is 88.8 cm³/mol. The lowest BCUT2D eigenvalue weighted by molar-refractivity contribution is -0.139. The number of ether oxygens (including phenoxy) is 1. The van der Waals surface area contributed by atoms with E-state index in [1.807, 2.05) is 24.3 Å². The van der Waals surface area contributed by atoms with Gasteiger partial charge in [-0.1, -0.05) is 36.9 Å². The third kappa shape index (κ3) is 3.87. The molecule has 1 aliphatic rings. The molecular weight excluding hydrogens is 316 g/mol. The molecule has 0 fully saturated rings. The van der Waals surface area contributed by atoms with Crippen molar-refractivity contribution in [3.8, 4) is 0 Å². The zero-order valence-electron chi connectivity index (χ0n) is 13.0. The predicted octanol–water partition coefficient (Wildman–Crippen LogP) is 2.30. The highest BCUT2D eigenvalue weighted by atomic mass is 32.2. The minimum Gasteiger partial charge on any atom is -0.457 e. The molecule has 0 bridgehead atoms. The largest absolute Gasteiger partial charge is 0.457 e. The number of rotatable bonds is 5. The Morgan fingerprint density at radius 1 is 1.35 bits per heavy atom. The van der Waals surface area contributed by atoms with E-state index in [2.05, 4.69) is 11.0 Å². The van der Waals surface area contributed by atoms with Crippen molar-refractivity contribution in [3.63, 3.8) is 0 Å². The highest BCUT2D eigenvalue weighted by molar-refractivity contribution is 7.88. The fourth-order valence-corrected chi connectivity index (χ4v) is 3.12. The fourth-order valence-electron chi connectivity index (χ4n) is 2.01. The van der Waals surface area contributed by atoms with Crippen LogP contribution in [0.3, 0.4) is 0 Å². The summed E-state index contributed by atoms with van der Waals surface area (Å²) in [7, 11) is -3.74. The molecule has 1 aromatic rings. The van der Waals surface area contributed by atoms with E-state index >= 15 is 0 Å². The second kappa shape index (κ2) is 6.78. The summed E-state index contributed by atoms with van der Waals surface area (Å²) in [5.74, 6) is -0.604. The molecule has 0 aromatic heterocycles. The molecule has 0 N–H and O–H groups in total. The number of esters is 1. The molecule has 0 unspecified atom stereocenters. The lowest BCUT2D eigenvalue weighted by Crippen LogP contribution is -2.31. The Balaban J connectivity index is 2.09. The van der Waals surface area contributed by atoms with Crippen LogP contribution in [0.15, 0.2) is 47.0 Å². The summed E-state index contributed by atoms with van der Waals surface area (Å²) in [6, 6.07) is 7.41. The average Bonchev–Trinajstić information content (AvgIpc) is 2.52. The van der Waals surface area contributed by atoms with Crippen molar-refractivity contribution < 1.29 is 17.9 Å². The van der Waals surface area contributed by atoms with Crippen LogP contribution < -0.4 is 0 Å².